The van der Waals surface area contributed by atoms with Gasteiger partial charge in [-0.15, -0.1) is 0 Å². The Morgan fingerprint density at radius 1 is 1.12 bits per heavy atom. The number of halogens is 2. The molecule has 1 aliphatic rings. The number of rotatable bonds is 3. The second-order valence-corrected chi connectivity index (χ2v) is 8.65. The van der Waals surface area contributed by atoms with Gasteiger partial charge < -0.3 is 5.32 Å². The predicted molar refractivity (Wildman–Crippen MR) is 101 cm³/mol. The Hall–Kier alpha value is -1.76. The molecular weight excluding hydrogens is 383 g/mol. The van der Waals surface area contributed by atoms with Gasteiger partial charge in [-0.1, -0.05) is 29.3 Å². The minimum absolute atomic E-state index is 0.145. The molecule has 0 aliphatic carbocycles. The van der Waals surface area contributed by atoms with E-state index in [4.69, 9.17) is 23.2 Å². The second-order valence-electron chi connectivity index (χ2n) is 5.83. The quantitative estimate of drug-likeness (QED) is 0.846. The van der Waals surface area contributed by atoms with Crippen LogP contribution in [0.1, 0.15) is 22.3 Å². The minimum Gasteiger partial charge on any atom is -0.322 e. The molecule has 0 aromatic heterocycles. The molecule has 0 radical (unpaired) electrons. The highest BCUT2D eigenvalue weighted by molar-refractivity contribution is 7.93. The molecule has 5 nitrogen and oxygen atoms in total. The zero-order valence-corrected chi connectivity index (χ0v) is 15.7. The third-order valence-corrected chi connectivity index (χ3v) is 6.61. The van der Waals surface area contributed by atoms with Gasteiger partial charge in [-0.3, -0.25) is 9.10 Å². The van der Waals surface area contributed by atoms with Gasteiger partial charge in [0.1, 0.15) is 0 Å². The van der Waals surface area contributed by atoms with Crippen LogP contribution in [-0.2, 0) is 10.0 Å². The molecule has 1 fully saturated rings. The number of hydrogen-bond donors (Lipinski definition) is 1. The number of aryl methyl sites for hydroxylation is 1. The Bertz CT molecular complexity index is 945. The molecule has 1 aliphatic heterocycles. The molecule has 1 heterocycles. The van der Waals surface area contributed by atoms with Crippen LogP contribution in [-0.4, -0.2) is 26.6 Å². The Labute approximate surface area is 156 Å². The summed E-state index contributed by atoms with van der Waals surface area (Å²) in [5.41, 5.74) is 2.30. The molecular formula is C17H16Cl2N2O3S. The zero-order valence-electron chi connectivity index (χ0n) is 13.4. The normalized spacial score (nSPS) is 16.0. The van der Waals surface area contributed by atoms with Gasteiger partial charge in [-0.25, -0.2) is 8.42 Å². The first kappa shape index (κ1) is 18.0. The maximum atomic E-state index is 12.4. The van der Waals surface area contributed by atoms with E-state index >= 15 is 0 Å². The van der Waals surface area contributed by atoms with Crippen LogP contribution in [0.2, 0.25) is 10.0 Å². The highest BCUT2D eigenvalue weighted by Crippen LogP contribution is 2.30. The van der Waals surface area contributed by atoms with Crippen molar-refractivity contribution in [3.05, 3.63) is 57.6 Å². The number of amides is 1. The molecule has 0 unspecified atom stereocenters. The van der Waals surface area contributed by atoms with E-state index in [1.54, 1.807) is 30.3 Å². The lowest BCUT2D eigenvalue weighted by molar-refractivity contribution is 0.102. The Morgan fingerprint density at radius 3 is 2.52 bits per heavy atom. The van der Waals surface area contributed by atoms with Crippen molar-refractivity contribution in [3.8, 4) is 0 Å². The number of carbonyl (C=O) groups excluding carboxylic acids is 1. The summed E-state index contributed by atoms with van der Waals surface area (Å²) in [6.07, 6.45) is 0.599. The minimum atomic E-state index is -3.28. The summed E-state index contributed by atoms with van der Waals surface area (Å²) < 4.78 is 25.7. The zero-order chi connectivity index (χ0) is 18.2. The summed E-state index contributed by atoms with van der Waals surface area (Å²) in [7, 11) is -3.28. The summed E-state index contributed by atoms with van der Waals surface area (Å²) in [6.45, 7) is 2.29. The number of sulfonamides is 1. The van der Waals surface area contributed by atoms with Crippen molar-refractivity contribution in [3.63, 3.8) is 0 Å². The van der Waals surface area contributed by atoms with E-state index in [-0.39, 0.29) is 11.7 Å². The van der Waals surface area contributed by atoms with Crippen molar-refractivity contribution >= 4 is 50.5 Å². The first-order valence-corrected chi connectivity index (χ1v) is 10.0. The molecule has 0 spiro atoms. The average molecular weight is 399 g/mol. The van der Waals surface area contributed by atoms with E-state index in [2.05, 4.69) is 5.32 Å². The second kappa shape index (κ2) is 6.86. The number of nitrogens with zero attached hydrogens (tertiary/aromatic N) is 1. The third-order valence-electron chi connectivity index (χ3n) is 4.02. The molecule has 1 saturated heterocycles. The van der Waals surface area contributed by atoms with Crippen LogP contribution in [0.15, 0.2) is 36.4 Å². The van der Waals surface area contributed by atoms with Crippen molar-refractivity contribution in [2.24, 2.45) is 0 Å². The fraction of sp³-hybridized carbons (Fsp3) is 0.235. The van der Waals surface area contributed by atoms with E-state index in [0.717, 1.165) is 5.56 Å². The van der Waals surface area contributed by atoms with E-state index in [0.29, 0.717) is 39.9 Å². The van der Waals surface area contributed by atoms with Crippen molar-refractivity contribution in [2.75, 3.05) is 21.9 Å². The summed E-state index contributed by atoms with van der Waals surface area (Å²) >= 11 is 11.8. The lowest BCUT2D eigenvalue weighted by Crippen LogP contribution is -2.26. The van der Waals surface area contributed by atoms with Crippen molar-refractivity contribution in [1.82, 2.24) is 0 Å². The SMILES string of the molecule is Cc1ccc(NC(=O)c2ccc(Cl)c(Cl)c2)cc1N1CCCS1(=O)=O. The smallest absolute Gasteiger partial charge is 0.255 e. The van der Waals surface area contributed by atoms with E-state index in [1.807, 2.05) is 6.92 Å². The van der Waals surface area contributed by atoms with E-state index in [9.17, 15) is 13.2 Å². The van der Waals surface area contributed by atoms with Gasteiger partial charge in [0.15, 0.2) is 0 Å². The fourth-order valence-electron chi connectivity index (χ4n) is 2.71. The molecule has 1 N–H and O–H groups in total. The molecule has 0 atom stereocenters. The van der Waals surface area contributed by atoms with E-state index < -0.39 is 10.0 Å². The van der Waals surface area contributed by atoms with Crippen LogP contribution in [0.3, 0.4) is 0 Å². The standard InChI is InChI=1S/C17H16Cl2N2O3S/c1-11-3-5-13(10-16(11)21-7-2-8-25(21,23)24)20-17(22)12-4-6-14(18)15(19)9-12/h3-6,9-10H,2,7-8H2,1H3,(H,20,22). The van der Waals surface area contributed by atoms with Crippen molar-refractivity contribution in [2.45, 2.75) is 13.3 Å². The molecule has 2 aromatic rings. The summed E-state index contributed by atoms with van der Waals surface area (Å²) in [6, 6.07) is 9.80. The molecule has 132 valence electrons. The van der Waals surface area contributed by atoms with Crippen LogP contribution in [0.5, 0.6) is 0 Å². The van der Waals surface area contributed by atoms with Gasteiger partial charge in [0.25, 0.3) is 5.91 Å². The van der Waals surface area contributed by atoms with Crippen LogP contribution in [0, 0.1) is 6.92 Å². The lowest BCUT2D eigenvalue weighted by Gasteiger charge is -2.20. The van der Waals surface area contributed by atoms with Gasteiger partial charge in [0.05, 0.1) is 21.5 Å². The van der Waals surface area contributed by atoms with Crippen LogP contribution >= 0.6 is 23.2 Å². The Morgan fingerprint density at radius 2 is 1.88 bits per heavy atom. The maximum Gasteiger partial charge on any atom is 0.255 e. The molecule has 2 aromatic carbocycles. The van der Waals surface area contributed by atoms with Crippen LogP contribution in [0.25, 0.3) is 0 Å². The summed E-state index contributed by atoms with van der Waals surface area (Å²) in [5, 5.41) is 3.43. The highest BCUT2D eigenvalue weighted by atomic mass is 35.5. The summed E-state index contributed by atoms with van der Waals surface area (Å²) in [4.78, 5) is 12.4. The molecule has 25 heavy (non-hydrogen) atoms. The molecule has 8 heteroatoms. The number of benzene rings is 2. The Kier molecular flexibility index (Phi) is 4.95. The molecule has 0 bridgehead atoms. The van der Waals surface area contributed by atoms with Gasteiger partial charge in [-0.05, 0) is 49.2 Å². The third kappa shape index (κ3) is 3.76. The van der Waals surface area contributed by atoms with Crippen LogP contribution in [0.4, 0.5) is 11.4 Å². The van der Waals surface area contributed by atoms with Gasteiger partial charge in [0, 0.05) is 17.8 Å². The number of carbonyl (C=O) groups is 1. The highest BCUT2D eigenvalue weighted by Gasteiger charge is 2.29. The lowest BCUT2D eigenvalue weighted by atomic mass is 10.1. The first-order chi connectivity index (χ1) is 11.8. The molecule has 0 saturated carbocycles. The predicted octanol–water partition coefficient (Wildman–Crippen LogP) is 4.09. The largest absolute Gasteiger partial charge is 0.322 e. The van der Waals surface area contributed by atoms with E-state index in [1.165, 1.54) is 10.4 Å². The number of nitrogens with one attached hydrogen (secondary N) is 1. The number of anilines is 2. The Balaban J connectivity index is 1.87. The monoisotopic (exact) mass is 398 g/mol. The van der Waals surface area contributed by atoms with Crippen molar-refractivity contribution in [1.29, 1.82) is 0 Å². The molecule has 1 amide bonds. The van der Waals surface area contributed by atoms with Gasteiger partial charge in [-0.2, -0.15) is 0 Å². The van der Waals surface area contributed by atoms with Gasteiger partial charge in [0.2, 0.25) is 10.0 Å². The average Bonchev–Trinajstić information content (AvgIpc) is 2.91. The maximum absolute atomic E-state index is 12.4. The van der Waals surface area contributed by atoms with Crippen molar-refractivity contribution < 1.29 is 13.2 Å². The summed E-state index contributed by atoms with van der Waals surface area (Å²) in [5.74, 6) is -0.204. The molecule has 3 rings (SSSR count). The fourth-order valence-corrected chi connectivity index (χ4v) is 4.62. The first-order valence-electron chi connectivity index (χ1n) is 7.65. The topological polar surface area (TPSA) is 66.5 Å². The van der Waals surface area contributed by atoms with Crippen LogP contribution < -0.4 is 9.62 Å². The number of hydrogen-bond acceptors (Lipinski definition) is 3. The van der Waals surface area contributed by atoms with Gasteiger partial charge >= 0.3 is 0 Å².